The van der Waals surface area contributed by atoms with Crippen LogP contribution in [0.2, 0.25) is 0 Å². The number of rotatable bonds is 3. The van der Waals surface area contributed by atoms with E-state index < -0.39 is 12.4 Å². The van der Waals surface area contributed by atoms with Crippen molar-refractivity contribution in [2.45, 2.75) is 18.7 Å². The van der Waals surface area contributed by atoms with Gasteiger partial charge in [-0.3, -0.25) is 0 Å². The quantitative estimate of drug-likeness (QED) is 0.635. The Labute approximate surface area is 99.9 Å². The van der Waals surface area contributed by atoms with E-state index in [2.05, 4.69) is 25.7 Å². The van der Waals surface area contributed by atoms with E-state index in [-0.39, 0.29) is 22.2 Å². The first-order chi connectivity index (χ1) is 7.52. The van der Waals surface area contributed by atoms with E-state index >= 15 is 0 Å². The van der Waals surface area contributed by atoms with Gasteiger partial charge in [0.1, 0.15) is 0 Å². The van der Waals surface area contributed by atoms with Gasteiger partial charge >= 0.3 is 5.97 Å². The normalized spacial score (nSPS) is 10.6. The van der Waals surface area contributed by atoms with E-state index in [9.17, 15) is 13.6 Å². The molecular formula is C10H10BrF2NO2. The highest BCUT2D eigenvalue weighted by Crippen LogP contribution is 2.29. The molecule has 0 fully saturated rings. The number of ether oxygens (including phenoxy) is 1. The number of aryl methyl sites for hydroxylation is 1. The number of hydrogen-bond acceptors (Lipinski definition) is 3. The highest BCUT2D eigenvalue weighted by molar-refractivity contribution is 9.08. The Hall–Kier alpha value is -1.04. The summed E-state index contributed by atoms with van der Waals surface area (Å²) in [4.78, 5) is 15.2. The molecule has 0 saturated carbocycles. The Morgan fingerprint density at radius 2 is 2.25 bits per heavy atom. The number of halogens is 3. The minimum Gasteiger partial charge on any atom is -0.464 e. The molecule has 0 atom stereocenters. The lowest BCUT2D eigenvalue weighted by atomic mass is 10.0. The Kier molecular flexibility index (Phi) is 4.35. The maximum atomic E-state index is 12.8. The molecule has 1 aromatic rings. The van der Waals surface area contributed by atoms with Crippen molar-refractivity contribution in [1.29, 1.82) is 0 Å². The zero-order valence-electron chi connectivity index (χ0n) is 8.76. The summed E-state index contributed by atoms with van der Waals surface area (Å²) in [7, 11) is 1.18. The van der Waals surface area contributed by atoms with Crippen LogP contribution >= 0.6 is 15.9 Å². The Bertz CT molecular complexity index is 410. The topological polar surface area (TPSA) is 39.2 Å². The second-order valence-corrected chi connectivity index (χ2v) is 3.67. The van der Waals surface area contributed by atoms with Crippen molar-refractivity contribution in [1.82, 2.24) is 4.98 Å². The summed E-state index contributed by atoms with van der Waals surface area (Å²) in [5.41, 5.74) is 0.312. The number of methoxy groups -OCH3 is 1. The molecule has 0 aliphatic heterocycles. The van der Waals surface area contributed by atoms with Crippen LogP contribution in [0.1, 0.15) is 33.6 Å². The van der Waals surface area contributed by atoms with Crippen LogP contribution in [0.15, 0.2) is 6.20 Å². The number of esters is 1. The molecule has 0 saturated heterocycles. The summed E-state index contributed by atoms with van der Waals surface area (Å²) >= 11 is 3.08. The minimum absolute atomic E-state index is 0.0692. The summed E-state index contributed by atoms with van der Waals surface area (Å²) in [5.74, 6) is -0.712. The molecule has 1 rings (SSSR count). The number of carbonyl (C=O) groups excluding carboxylic acids is 1. The van der Waals surface area contributed by atoms with Gasteiger partial charge in [-0.1, -0.05) is 15.9 Å². The van der Waals surface area contributed by atoms with Crippen LogP contribution in [-0.4, -0.2) is 18.1 Å². The summed E-state index contributed by atoms with van der Waals surface area (Å²) in [6.07, 6.45) is -1.39. The molecule has 0 N–H and O–H groups in total. The van der Waals surface area contributed by atoms with Crippen LogP contribution in [-0.2, 0) is 10.1 Å². The Morgan fingerprint density at radius 1 is 1.62 bits per heavy atom. The molecule has 3 nitrogen and oxygen atoms in total. The molecule has 0 aliphatic rings. The molecule has 0 aromatic carbocycles. The summed E-state index contributed by atoms with van der Waals surface area (Å²) in [6, 6.07) is 0. The molecule has 6 heteroatoms. The van der Waals surface area contributed by atoms with E-state index in [1.165, 1.54) is 20.2 Å². The second kappa shape index (κ2) is 5.34. The lowest BCUT2D eigenvalue weighted by Crippen LogP contribution is -2.11. The molecular weight excluding hydrogens is 284 g/mol. The van der Waals surface area contributed by atoms with Gasteiger partial charge in [-0.25, -0.2) is 18.6 Å². The third-order valence-corrected chi connectivity index (χ3v) is 2.71. The molecule has 0 bridgehead atoms. The van der Waals surface area contributed by atoms with Crippen molar-refractivity contribution < 1.29 is 18.3 Å². The first kappa shape index (κ1) is 13.0. The zero-order chi connectivity index (χ0) is 12.3. The third-order valence-electron chi connectivity index (χ3n) is 2.15. The largest absolute Gasteiger partial charge is 0.464 e. The lowest BCUT2D eigenvalue weighted by molar-refractivity contribution is 0.0592. The van der Waals surface area contributed by atoms with Crippen LogP contribution in [0, 0.1) is 6.92 Å². The maximum absolute atomic E-state index is 12.8. The smallest absolute Gasteiger partial charge is 0.356 e. The molecule has 0 unspecified atom stereocenters. The lowest BCUT2D eigenvalue weighted by Gasteiger charge is -2.12. The Balaban J connectivity index is 3.42. The maximum Gasteiger partial charge on any atom is 0.356 e. The third kappa shape index (κ3) is 2.37. The van der Waals surface area contributed by atoms with E-state index in [4.69, 9.17) is 0 Å². The summed E-state index contributed by atoms with van der Waals surface area (Å²) < 4.78 is 30.1. The van der Waals surface area contributed by atoms with Crippen molar-refractivity contribution in [3.63, 3.8) is 0 Å². The second-order valence-electron chi connectivity index (χ2n) is 3.11. The van der Waals surface area contributed by atoms with Gasteiger partial charge in [-0.05, 0) is 12.5 Å². The fourth-order valence-corrected chi connectivity index (χ4v) is 1.95. The monoisotopic (exact) mass is 293 g/mol. The van der Waals surface area contributed by atoms with E-state index in [0.29, 0.717) is 5.56 Å². The molecule has 0 radical (unpaired) electrons. The molecule has 0 aliphatic carbocycles. The molecule has 0 spiro atoms. The van der Waals surface area contributed by atoms with Gasteiger partial charge < -0.3 is 4.74 Å². The van der Waals surface area contributed by atoms with Crippen molar-refractivity contribution in [3.8, 4) is 0 Å². The number of aromatic nitrogens is 1. The van der Waals surface area contributed by atoms with Gasteiger partial charge in [0.25, 0.3) is 6.43 Å². The fraction of sp³-hybridized carbons (Fsp3) is 0.400. The van der Waals surface area contributed by atoms with Gasteiger partial charge in [0.05, 0.1) is 7.11 Å². The standard InChI is InChI=1S/C10H10BrF2NO2/c1-5-4-14-8(10(15)16-2)6(3-11)7(5)9(12)13/h4,9H,3H2,1-2H3. The summed E-state index contributed by atoms with van der Waals surface area (Å²) in [6.45, 7) is 1.53. The minimum atomic E-state index is -2.64. The highest BCUT2D eigenvalue weighted by atomic mass is 79.9. The first-order valence-corrected chi connectivity index (χ1v) is 5.55. The number of pyridine rings is 1. The van der Waals surface area contributed by atoms with Gasteiger partial charge in [-0.15, -0.1) is 0 Å². The van der Waals surface area contributed by atoms with Crippen molar-refractivity contribution >= 4 is 21.9 Å². The van der Waals surface area contributed by atoms with E-state index in [1.807, 2.05) is 0 Å². The van der Waals surface area contributed by atoms with Gasteiger partial charge in [0, 0.05) is 22.7 Å². The van der Waals surface area contributed by atoms with Crippen LogP contribution in [0.25, 0.3) is 0 Å². The predicted molar refractivity (Wildman–Crippen MR) is 57.9 cm³/mol. The van der Waals surface area contributed by atoms with Crippen LogP contribution in [0.5, 0.6) is 0 Å². The number of carbonyl (C=O) groups is 1. The molecule has 88 valence electrons. The molecule has 0 amide bonds. The zero-order valence-corrected chi connectivity index (χ0v) is 10.3. The number of hydrogen-bond donors (Lipinski definition) is 0. The van der Waals surface area contributed by atoms with Crippen molar-refractivity contribution in [2.24, 2.45) is 0 Å². The SMILES string of the molecule is COC(=O)c1ncc(C)c(C(F)F)c1CBr. The first-order valence-electron chi connectivity index (χ1n) is 4.43. The number of nitrogens with zero attached hydrogens (tertiary/aromatic N) is 1. The van der Waals surface area contributed by atoms with E-state index in [0.717, 1.165) is 0 Å². The van der Waals surface area contributed by atoms with Gasteiger partial charge in [0.15, 0.2) is 5.69 Å². The number of alkyl halides is 3. The predicted octanol–water partition coefficient (Wildman–Crippen LogP) is 3.01. The van der Waals surface area contributed by atoms with Crippen LogP contribution in [0.3, 0.4) is 0 Å². The van der Waals surface area contributed by atoms with Crippen LogP contribution < -0.4 is 0 Å². The van der Waals surface area contributed by atoms with Crippen molar-refractivity contribution in [3.05, 3.63) is 28.6 Å². The Morgan fingerprint density at radius 3 is 2.69 bits per heavy atom. The van der Waals surface area contributed by atoms with E-state index in [1.54, 1.807) is 0 Å². The van der Waals surface area contributed by atoms with Crippen LogP contribution in [0.4, 0.5) is 8.78 Å². The molecule has 16 heavy (non-hydrogen) atoms. The average molecular weight is 294 g/mol. The average Bonchev–Trinajstić information content (AvgIpc) is 2.26. The molecule has 1 aromatic heterocycles. The highest BCUT2D eigenvalue weighted by Gasteiger charge is 2.23. The summed E-state index contributed by atoms with van der Waals surface area (Å²) in [5, 5.41) is 0.131. The van der Waals surface area contributed by atoms with Gasteiger partial charge in [0.2, 0.25) is 0 Å². The van der Waals surface area contributed by atoms with Gasteiger partial charge in [-0.2, -0.15) is 0 Å². The van der Waals surface area contributed by atoms with Crippen molar-refractivity contribution in [2.75, 3.05) is 7.11 Å². The molecule has 1 heterocycles. The fourth-order valence-electron chi connectivity index (χ4n) is 1.39.